The number of hydrogen-bond acceptors (Lipinski definition) is 5. The number of carbonyl (C=O) groups is 1. The minimum absolute atomic E-state index is 0.0524. The van der Waals surface area contributed by atoms with Gasteiger partial charge in [-0.3, -0.25) is 4.72 Å². The van der Waals surface area contributed by atoms with Crippen molar-refractivity contribution in [2.75, 3.05) is 42.3 Å². The lowest BCUT2D eigenvalue weighted by Crippen LogP contribution is -2.41. The fraction of sp³-hybridized carbons (Fsp3) is 0.435. The zero-order chi connectivity index (χ0) is 22.7. The van der Waals surface area contributed by atoms with E-state index in [2.05, 4.69) is 14.5 Å². The fourth-order valence-corrected chi connectivity index (χ4v) is 6.25. The molecule has 0 aliphatic carbocycles. The van der Waals surface area contributed by atoms with Crippen molar-refractivity contribution < 1.29 is 18.3 Å². The number of hydrogen-bond donors (Lipinski definition) is 2. The number of halogens is 1. The predicted molar refractivity (Wildman–Crippen MR) is 126 cm³/mol. The zero-order valence-electron chi connectivity index (χ0n) is 17.8. The van der Waals surface area contributed by atoms with Crippen LogP contribution in [0.4, 0.5) is 11.4 Å². The molecule has 9 heteroatoms. The van der Waals surface area contributed by atoms with E-state index in [1.807, 2.05) is 0 Å². The van der Waals surface area contributed by atoms with Gasteiger partial charge in [0, 0.05) is 25.3 Å². The molecule has 0 aromatic heterocycles. The molecular weight excluding hydrogens is 450 g/mol. The second-order valence-corrected chi connectivity index (χ2v) is 10.6. The second kappa shape index (κ2) is 9.68. The molecule has 2 N–H and O–H groups in total. The number of carboxylic acids is 1. The molecule has 1 atom stereocenters. The Morgan fingerprint density at radius 3 is 2.56 bits per heavy atom. The smallest absolute Gasteiger partial charge is 0.337 e. The van der Waals surface area contributed by atoms with Gasteiger partial charge in [0.25, 0.3) is 10.0 Å². The molecule has 2 saturated heterocycles. The van der Waals surface area contributed by atoms with Crippen molar-refractivity contribution in [2.45, 2.75) is 30.6 Å². The molecule has 172 valence electrons. The summed E-state index contributed by atoms with van der Waals surface area (Å²) in [6, 6.07) is 10.8. The van der Waals surface area contributed by atoms with Crippen LogP contribution in [0, 0.1) is 5.92 Å². The van der Waals surface area contributed by atoms with Crippen LogP contribution in [0.3, 0.4) is 0 Å². The van der Waals surface area contributed by atoms with E-state index in [9.17, 15) is 18.3 Å². The summed E-state index contributed by atoms with van der Waals surface area (Å²) in [6.07, 6.45) is 4.67. The lowest BCUT2D eigenvalue weighted by Gasteiger charge is -2.36. The number of aromatic carboxylic acids is 1. The minimum Gasteiger partial charge on any atom is -0.478 e. The van der Waals surface area contributed by atoms with Crippen LogP contribution in [0.25, 0.3) is 0 Å². The van der Waals surface area contributed by atoms with Crippen LogP contribution in [0.15, 0.2) is 47.4 Å². The number of piperidine rings is 1. The number of likely N-dealkylation sites (tertiary alicyclic amines) is 1. The SMILES string of the molecule is O=C(O)c1cc(NS(=O)(=O)c2ccccc2Cl)ccc1N1CCC[C@H](CN2CCCC2)C1. The Balaban J connectivity index is 1.54. The van der Waals surface area contributed by atoms with Crippen LogP contribution >= 0.6 is 11.6 Å². The molecule has 0 unspecified atom stereocenters. The standard InChI is InChI=1S/C23H28ClN3O4S/c24-20-7-1-2-8-22(20)32(30,31)25-18-9-10-21(19(14-18)23(28)29)27-13-5-6-17(16-27)15-26-11-3-4-12-26/h1-2,7-10,14,17,25H,3-6,11-13,15-16H2,(H,28,29)/t17-/m1/s1. The van der Waals surface area contributed by atoms with Crippen LogP contribution < -0.4 is 9.62 Å². The van der Waals surface area contributed by atoms with E-state index in [1.165, 1.54) is 31.0 Å². The highest BCUT2D eigenvalue weighted by Crippen LogP contribution is 2.31. The third-order valence-corrected chi connectivity index (χ3v) is 8.06. The first kappa shape index (κ1) is 22.9. The Kier molecular flexibility index (Phi) is 6.93. The van der Waals surface area contributed by atoms with Gasteiger partial charge in [-0.05, 0) is 75.0 Å². The van der Waals surface area contributed by atoms with Gasteiger partial charge in [-0.25, -0.2) is 13.2 Å². The molecule has 0 spiro atoms. The third-order valence-electron chi connectivity index (χ3n) is 6.18. The number of nitrogens with one attached hydrogen (secondary N) is 1. The average molecular weight is 478 g/mol. The van der Waals surface area contributed by atoms with Crippen LogP contribution in [0.5, 0.6) is 0 Å². The molecular formula is C23H28ClN3O4S. The van der Waals surface area contributed by atoms with Gasteiger partial charge in [0.05, 0.1) is 16.3 Å². The topological polar surface area (TPSA) is 89.9 Å². The lowest BCUT2D eigenvalue weighted by atomic mass is 9.96. The summed E-state index contributed by atoms with van der Waals surface area (Å²) >= 11 is 6.03. The summed E-state index contributed by atoms with van der Waals surface area (Å²) in [6.45, 7) is 4.95. The van der Waals surface area contributed by atoms with Gasteiger partial charge in [0.2, 0.25) is 0 Å². The van der Waals surface area contributed by atoms with E-state index in [0.717, 1.165) is 45.6 Å². The highest BCUT2D eigenvalue weighted by atomic mass is 35.5. The summed E-state index contributed by atoms with van der Waals surface area (Å²) in [4.78, 5) is 16.6. The lowest BCUT2D eigenvalue weighted by molar-refractivity contribution is 0.0697. The summed E-state index contributed by atoms with van der Waals surface area (Å²) in [5.41, 5.74) is 0.909. The van der Waals surface area contributed by atoms with Gasteiger partial charge in [0.1, 0.15) is 4.90 Å². The normalized spacial score (nSPS) is 19.8. The van der Waals surface area contributed by atoms with Crippen molar-refractivity contribution in [2.24, 2.45) is 5.92 Å². The second-order valence-electron chi connectivity index (χ2n) is 8.53. The predicted octanol–water partition coefficient (Wildman–Crippen LogP) is 4.15. The van der Waals surface area contributed by atoms with E-state index in [4.69, 9.17) is 11.6 Å². The summed E-state index contributed by atoms with van der Waals surface area (Å²) in [5, 5.41) is 9.95. The molecule has 2 heterocycles. The van der Waals surface area contributed by atoms with E-state index in [-0.39, 0.29) is 21.2 Å². The van der Waals surface area contributed by atoms with Crippen molar-refractivity contribution in [1.82, 2.24) is 4.90 Å². The highest BCUT2D eigenvalue weighted by Gasteiger charge is 2.27. The van der Waals surface area contributed by atoms with E-state index in [0.29, 0.717) is 11.6 Å². The molecule has 2 aliphatic heterocycles. The molecule has 2 aliphatic rings. The maximum atomic E-state index is 12.7. The molecule has 4 rings (SSSR count). The molecule has 0 saturated carbocycles. The maximum Gasteiger partial charge on any atom is 0.337 e. The van der Waals surface area contributed by atoms with Crippen LogP contribution in [0.2, 0.25) is 5.02 Å². The third kappa shape index (κ3) is 5.19. The van der Waals surface area contributed by atoms with Gasteiger partial charge in [0.15, 0.2) is 0 Å². The minimum atomic E-state index is -3.94. The van der Waals surface area contributed by atoms with Crippen LogP contribution in [-0.4, -0.2) is 57.1 Å². The Morgan fingerprint density at radius 2 is 1.84 bits per heavy atom. The fourth-order valence-electron chi connectivity index (χ4n) is 4.68. The molecule has 2 fully saturated rings. The van der Waals surface area contributed by atoms with Gasteiger partial charge >= 0.3 is 5.97 Å². The summed E-state index contributed by atoms with van der Waals surface area (Å²) in [7, 11) is -3.94. The first-order valence-corrected chi connectivity index (χ1v) is 12.8. The van der Waals surface area contributed by atoms with Gasteiger partial charge < -0.3 is 14.9 Å². The quantitative estimate of drug-likeness (QED) is 0.622. The Bertz CT molecular complexity index is 1090. The Labute approximate surface area is 194 Å². The average Bonchev–Trinajstić information content (AvgIpc) is 3.27. The first-order valence-electron chi connectivity index (χ1n) is 11.0. The van der Waals surface area contributed by atoms with Crippen molar-refractivity contribution in [3.05, 3.63) is 53.1 Å². The van der Waals surface area contributed by atoms with E-state index in [1.54, 1.807) is 24.3 Å². The number of sulfonamides is 1. The molecule has 0 radical (unpaired) electrons. The van der Waals surface area contributed by atoms with Crippen molar-refractivity contribution >= 4 is 39.0 Å². The Morgan fingerprint density at radius 1 is 1.09 bits per heavy atom. The first-order chi connectivity index (χ1) is 15.3. The summed E-state index contributed by atoms with van der Waals surface area (Å²) < 4.78 is 27.9. The summed E-state index contributed by atoms with van der Waals surface area (Å²) in [5.74, 6) is -0.581. The van der Waals surface area contributed by atoms with Crippen LogP contribution in [-0.2, 0) is 10.0 Å². The molecule has 7 nitrogen and oxygen atoms in total. The molecule has 32 heavy (non-hydrogen) atoms. The van der Waals surface area contributed by atoms with E-state index < -0.39 is 16.0 Å². The van der Waals surface area contributed by atoms with Gasteiger partial charge in [-0.2, -0.15) is 0 Å². The highest BCUT2D eigenvalue weighted by molar-refractivity contribution is 7.92. The van der Waals surface area contributed by atoms with Gasteiger partial charge in [-0.1, -0.05) is 23.7 Å². The van der Waals surface area contributed by atoms with Crippen molar-refractivity contribution in [3.8, 4) is 0 Å². The monoisotopic (exact) mass is 477 g/mol. The number of nitrogens with zero attached hydrogens (tertiary/aromatic N) is 2. The number of carboxylic acid groups (broad SMARTS) is 1. The maximum absolute atomic E-state index is 12.7. The zero-order valence-corrected chi connectivity index (χ0v) is 19.4. The Hall–Kier alpha value is -2.29. The molecule has 0 amide bonds. The largest absolute Gasteiger partial charge is 0.478 e. The van der Waals surface area contributed by atoms with Crippen molar-refractivity contribution in [3.63, 3.8) is 0 Å². The van der Waals surface area contributed by atoms with Crippen LogP contribution in [0.1, 0.15) is 36.0 Å². The number of benzene rings is 2. The van der Waals surface area contributed by atoms with Crippen molar-refractivity contribution in [1.29, 1.82) is 0 Å². The van der Waals surface area contributed by atoms with Gasteiger partial charge in [-0.15, -0.1) is 0 Å². The number of anilines is 2. The molecule has 0 bridgehead atoms. The number of rotatable bonds is 7. The van der Waals surface area contributed by atoms with E-state index >= 15 is 0 Å². The molecule has 2 aromatic rings. The molecule has 2 aromatic carbocycles.